The average molecular weight is 411 g/mol. The van der Waals surface area contributed by atoms with Gasteiger partial charge in [0, 0.05) is 31.7 Å². The number of para-hydroxylation sites is 1. The summed E-state index contributed by atoms with van der Waals surface area (Å²) in [6, 6.07) is 11.1. The molecule has 1 N–H and O–H groups in total. The number of carbonyl (C=O) groups excluding carboxylic acids is 2. The first-order valence-electron chi connectivity index (χ1n) is 10.3. The minimum absolute atomic E-state index is 0.0346. The molecule has 2 heterocycles. The normalized spacial score (nSPS) is 14.6. The van der Waals surface area contributed by atoms with E-state index >= 15 is 0 Å². The molecule has 1 saturated heterocycles. The summed E-state index contributed by atoms with van der Waals surface area (Å²) in [6.07, 6.45) is 2.95. The Bertz CT molecular complexity index is 876. The number of hydrogen-bond acceptors (Lipinski definition) is 5. The number of nitrogens with one attached hydrogen (secondary N) is 1. The predicted molar refractivity (Wildman–Crippen MR) is 117 cm³/mol. The van der Waals surface area contributed by atoms with E-state index in [-0.39, 0.29) is 17.7 Å². The Hall–Kier alpha value is -2.93. The van der Waals surface area contributed by atoms with Crippen LogP contribution in [0.2, 0.25) is 0 Å². The molecule has 7 heteroatoms. The maximum atomic E-state index is 13.0. The van der Waals surface area contributed by atoms with Crippen LogP contribution in [-0.2, 0) is 4.79 Å². The number of carbonyl (C=O) groups is 2. The largest absolute Gasteiger partial charge is 0.491 e. The molecule has 3 rings (SSSR count). The number of nitrogens with zero attached hydrogens (tertiary/aromatic N) is 3. The third-order valence-electron chi connectivity index (χ3n) is 5.23. The Morgan fingerprint density at radius 3 is 2.63 bits per heavy atom. The molecule has 0 radical (unpaired) electrons. The number of ether oxygens (including phenoxy) is 1. The highest BCUT2D eigenvalue weighted by atomic mass is 16.5. The summed E-state index contributed by atoms with van der Waals surface area (Å²) in [5.41, 5.74) is 1.62. The van der Waals surface area contributed by atoms with E-state index in [2.05, 4.69) is 10.3 Å². The van der Waals surface area contributed by atoms with Crippen molar-refractivity contribution < 1.29 is 14.3 Å². The molecule has 0 bridgehead atoms. The third kappa shape index (κ3) is 5.79. The van der Waals surface area contributed by atoms with E-state index in [9.17, 15) is 9.59 Å². The summed E-state index contributed by atoms with van der Waals surface area (Å²) in [6.45, 7) is 4.35. The van der Waals surface area contributed by atoms with Crippen LogP contribution in [0.1, 0.15) is 28.8 Å². The van der Waals surface area contributed by atoms with Gasteiger partial charge in [0.25, 0.3) is 5.91 Å². The number of likely N-dealkylation sites (tertiary alicyclic amines) is 1. The van der Waals surface area contributed by atoms with Crippen LogP contribution < -0.4 is 10.1 Å². The Morgan fingerprint density at radius 1 is 1.20 bits per heavy atom. The van der Waals surface area contributed by atoms with Crippen molar-refractivity contribution >= 4 is 17.6 Å². The average Bonchev–Trinajstić information content (AvgIpc) is 2.73. The van der Waals surface area contributed by atoms with Gasteiger partial charge in [-0.1, -0.05) is 12.1 Å². The Morgan fingerprint density at radius 2 is 1.93 bits per heavy atom. The second-order valence-electron chi connectivity index (χ2n) is 7.92. The molecule has 0 unspecified atom stereocenters. The molecule has 1 aliphatic heterocycles. The number of rotatable bonds is 7. The number of aromatic nitrogens is 1. The number of piperidine rings is 1. The van der Waals surface area contributed by atoms with Crippen LogP contribution in [0.5, 0.6) is 5.75 Å². The topological polar surface area (TPSA) is 74.8 Å². The fourth-order valence-electron chi connectivity index (χ4n) is 3.46. The summed E-state index contributed by atoms with van der Waals surface area (Å²) in [5.74, 6) is 0.974. The van der Waals surface area contributed by atoms with Gasteiger partial charge in [0.05, 0.1) is 5.56 Å². The second-order valence-corrected chi connectivity index (χ2v) is 7.92. The van der Waals surface area contributed by atoms with Crippen molar-refractivity contribution in [2.24, 2.45) is 5.92 Å². The van der Waals surface area contributed by atoms with E-state index in [0.717, 1.165) is 12.1 Å². The zero-order chi connectivity index (χ0) is 21.5. The summed E-state index contributed by atoms with van der Waals surface area (Å²) < 4.78 is 5.84. The van der Waals surface area contributed by atoms with Crippen LogP contribution in [-0.4, -0.2) is 66.9 Å². The van der Waals surface area contributed by atoms with Crippen molar-refractivity contribution in [2.75, 3.05) is 45.7 Å². The second kappa shape index (κ2) is 10.2. The molecule has 1 aliphatic rings. The van der Waals surface area contributed by atoms with E-state index < -0.39 is 0 Å². The van der Waals surface area contributed by atoms with E-state index in [1.54, 1.807) is 12.3 Å². The minimum atomic E-state index is -0.122. The molecule has 1 aromatic heterocycles. The lowest BCUT2D eigenvalue weighted by Gasteiger charge is -2.31. The van der Waals surface area contributed by atoms with Gasteiger partial charge >= 0.3 is 0 Å². The molecule has 160 valence electrons. The first-order valence-corrected chi connectivity index (χ1v) is 10.3. The lowest BCUT2D eigenvalue weighted by Crippen LogP contribution is -2.41. The van der Waals surface area contributed by atoms with Gasteiger partial charge in [0.15, 0.2) is 0 Å². The van der Waals surface area contributed by atoms with Gasteiger partial charge < -0.3 is 19.9 Å². The monoisotopic (exact) mass is 410 g/mol. The van der Waals surface area contributed by atoms with Crippen LogP contribution in [0, 0.1) is 12.8 Å². The summed E-state index contributed by atoms with van der Waals surface area (Å²) in [7, 11) is 3.96. The number of benzene rings is 1. The predicted octanol–water partition coefficient (Wildman–Crippen LogP) is 2.82. The van der Waals surface area contributed by atoms with Crippen LogP contribution in [0.25, 0.3) is 0 Å². The van der Waals surface area contributed by atoms with Crippen LogP contribution >= 0.6 is 0 Å². The standard InChI is InChI=1S/C23H30N4O3/c1-17-8-11-24-21(16-17)25-22(28)18-9-12-27(13-10-18)23(29)19-6-4-5-7-20(19)30-15-14-26(2)3/h4-8,11,16,18H,9-10,12-15H2,1-3H3,(H,24,25,28). The molecule has 0 spiro atoms. The third-order valence-corrected chi connectivity index (χ3v) is 5.23. The molecule has 1 fully saturated rings. The molecule has 1 aromatic carbocycles. The highest BCUT2D eigenvalue weighted by Crippen LogP contribution is 2.24. The van der Waals surface area contributed by atoms with E-state index in [1.165, 1.54) is 0 Å². The SMILES string of the molecule is Cc1ccnc(NC(=O)C2CCN(C(=O)c3ccccc3OCCN(C)C)CC2)c1. The quantitative estimate of drug-likeness (QED) is 0.760. The highest BCUT2D eigenvalue weighted by molar-refractivity contribution is 5.97. The maximum Gasteiger partial charge on any atom is 0.257 e. The molecule has 2 aromatic rings. The zero-order valence-electron chi connectivity index (χ0n) is 17.9. The van der Waals surface area contributed by atoms with E-state index in [1.807, 2.05) is 61.2 Å². The van der Waals surface area contributed by atoms with Crippen molar-refractivity contribution in [3.63, 3.8) is 0 Å². The zero-order valence-corrected chi connectivity index (χ0v) is 17.9. The van der Waals surface area contributed by atoms with Crippen molar-refractivity contribution in [1.82, 2.24) is 14.8 Å². The molecular weight excluding hydrogens is 380 g/mol. The number of hydrogen-bond donors (Lipinski definition) is 1. The van der Waals surface area contributed by atoms with Gasteiger partial charge in [-0.15, -0.1) is 0 Å². The maximum absolute atomic E-state index is 13.0. The Kier molecular flexibility index (Phi) is 7.41. The summed E-state index contributed by atoms with van der Waals surface area (Å²) >= 11 is 0. The van der Waals surface area contributed by atoms with Crippen molar-refractivity contribution in [3.05, 3.63) is 53.7 Å². The van der Waals surface area contributed by atoms with Crippen LogP contribution in [0.4, 0.5) is 5.82 Å². The number of amides is 2. The molecule has 0 aliphatic carbocycles. The summed E-state index contributed by atoms with van der Waals surface area (Å²) in [4.78, 5) is 33.7. The Balaban J connectivity index is 1.56. The number of pyridine rings is 1. The van der Waals surface area contributed by atoms with Crippen molar-refractivity contribution in [3.8, 4) is 5.75 Å². The molecule has 30 heavy (non-hydrogen) atoms. The van der Waals surface area contributed by atoms with Crippen molar-refractivity contribution in [1.29, 1.82) is 0 Å². The van der Waals surface area contributed by atoms with Crippen LogP contribution in [0.15, 0.2) is 42.6 Å². The lowest BCUT2D eigenvalue weighted by atomic mass is 9.95. The summed E-state index contributed by atoms with van der Waals surface area (Å²) in [5, 5.41) is 2.89. The van der Waals surface area contributed by atoms with Gasteiger partial charge in [-0.05, 0) is 63.7 Å². The highest BCUT2D eigenvalue weighted by Gasteiger charge is 2.29. The smallest absolute Gasteiger partial charge is 0.257 e. The Labute approximate surface area is 178 Å². The molecular formula is C23H30N4O3. The first kappa shape index (κ1) is 21.8. The first-order chi connectivity index (χ1) is 14.4. The van der Waals surface area contributed by atoms with Gasteiger partial charge in [0.1, 0.15) is 18.2 Å². The van der Waals surface area contributed by atoms with E-state index in [0.29, 0.717) is 49.7 Å². The number of anilines is 1. The van der Waals surface area contributed by atoms with Gasteiger partial charge in [0.2, 0.25) is 5.91 Å². The van der Waals surface area contributed by atoms with Crippen molar-refractivity contribution in [2.45, 2.75) is 19.8 Å². The molecule has 0 atom stereocenters. The van der Waals surface area contributed by atoms with Gasteiger partial charge in [-0.3, -0.25) is 9.59 Å². The number of likely N-dealkylation sites (N-methyl/N-ethyl adjacent to an activating group) is 1. The fourth-order valence-corrected chi connectivity index (χ4v) is 3.46. The fraction of sp³-hybridized carbons (Fsp3) is 0.435. The van der Waals surface area contributed by atoms with E-state index in [4.69, 9.17) is 4.74 Å². The minimum Gasteiger partial charge on any atom is -0.491 e. The molecule has 2 amide bonds. The number of aryl methyl sites for hydroxylation is 1. The van der Waals surface area contributed by atoms with Gasteiger partial charge in [-0.2, -0.15) is 0 Å². The molecule has 7 nitrogen and oxygen atoms in total. The van der Waals surface area contributed by atoms with Crippen LogP contribution in [0.3, 0.4) is 0 Å². The molecule has 0 saturated carbocycles. The van der Waals surface area contributed by atoms with Gasteiger partial charge in [-0.25, -0.2) is 4.98 Å². The lowest BCUT2D eigenvalue weighted by molar-refractivity contribution is -0.121.